The zero-order valence-electron chi connectivity index (χ0n) is 21.7. The molecule has 39 heavy (non-hydrogen) atoms. The lowest BCUT2D eigenvalue weighted by Crippen LogP contribution is -2.23. The predicted molar refractivity (Wildman–Crippen MR) is 152 cm³/mol. The van der Waals surface area contributed by atoms with Gasteiger partial charge in [-0.1, -0.05) is 56.3 Å². The molecule has 4 rings (SSSR count). The van der Waals surface area contributed by atoms with Crippen LogP contribution in [0.1, 0.15) is 41.7 Å². The van der Waals surface area contributed by atoms with Crippen LogP contribution in [0.5, 0.6) is 17.2 Å². The highest BCUT2D eigenvalue weighted by Crippen LogP contribution is 2.33. The summed E-state index contributed by atoms with van der Waals surface area (Å²) >= 11 is 0. The number of nitrogens with two attached hydrogens (primary N) is 1. The van der Waals surface area contributed by atoms with Crippen LogP contribution >= 0.6 is 12.4 Å². The normalized spacial score (nSPS) is 11.4. The first-order valence-electron chi connectivity index (χ1n) is 12.1. The Bertz CT molecular complexity index is 1420. The van der Waals surface area contributed by atoms with Crippen LogP contribution in [-0.4, -0.2) is 17.0 Å². The number of carbonyl (C=O) groups is 1. The van der Waals surface area contributed by atoms with Crippen LogP contribution in [0.3, 0.4) is 0 Å². The number of ether oxygens (including phenoxy) is 2. The van der Waals surface area contributed by atoms with E-state index >= 15 is 0 Å². The molecule has 0 aliphatic heterocycles. The van der Waals surface area contributed by atoms with Crippen molar-refractivity contribution in [3.05, 3.63) is 125 Å². The van der Waals surface area contributed by atoms with Gasteiger partial charge in [0.2, 0.25) is 0 Å². The van der Waals surface area contributed by atoms with Crippen molar-refractivity contribution >= 4 is 24.3 Å². The molecule has 0 fully saturated rings. The average molecular weight is 546 g/mol. The lowest BCUT2D eigenvalue weighted by Gasteiger charge is -2.26. The SMILES string of the molecule is CC(C)(c1ccc(O)cc1)c1ccc(OCc2cccc(COc3ccc(/C(N)=N\C(=O)[O-])cc3)c2)cc1.Cl. The van der Waals surface area contributed by atoms with Crippen molar-refractivity contribution in [2.75, 3.05) is 0 Å². The number of amides is 1. The Morgan fingerprint density at radius 1 is 0.821 bits per heavy atom. The minimum atomic E-state index is -1.58. The van der Waals surface area contributed by atoms with Crippen LogP contribution < -0.4 is 20.3 Å². The van der Waals surface area contributed by atoms with Crippen molar-refractivity contribution in [1.82, 2.24) is 0 Å². The van der Waals surface area contributed by atoms with Crippen molar-refractivity contribution in [1.29, 1.82) is 0 Å². The molecule has 0 aliphatic carbocycles. The zero-order chi connectivity index (χ0) is 27.1. The van der Waals surface area contributed by atoms with E-state index in [2.05, 4.69) is 31.0 Å². The first-order chi connectivity index (χ1) is 18.2. The maximum Gasteiger partial charge on any atom is 0.164 e. The molecule has 1 amide bonds. The van der Waals surface area contributed by atoms with Crippen LogP contribution in [-0.2, 0) is 18.6 Å². The van der Waals surface area contributed by atoms with Crippen molar-refractivity contribution in [3.63, 3.8) is 0 Å². The molecule has 7 nitrogen and oxygen atoms in total. The highest BCUT2D eigenvalue weighted by molar-refractivity contribution is 6.02. The third-order valence-corrected chi connectivity index (χ3v) is 6.33. The van der Waals surface area contributed by atoms with Crippen molar-refractivity contribution in [3.8, 4) is 17.2 Å². The molecule has 0 saturated carbocycles. The third kappa shape index (κ3) is 7.75. The van der Waals surface area contributed by atoms with Gasteiger partial charge in [0, 0.05) is 11.0 Å². The summed E-state index contributed by atoms with van der Waals surface area (Å²) in [6, 6.07) is 30.0. The summed E-state index contributed by atoms with van der Waals surface area (Å²) in [5, 5.41) is 20.1. The van der Waals surface area contributed by atoms with E-state index in [0.29, 0.717) is 24.5 Å². The molecule has 4 aromatic rings. The molecule has 0 unspecified atom stereocenters. The van der Waals surface area contributed by atoms with E-state index < -0.39 is 6.09 Å². The van der Waals surface area contributed by atoms with E-state index in [1.165, 1.54) is 0 Å². The Morgan fingerprint density at radius 2 is 1.28 bits per heavy atom. The van der Waals surface area contributed by atoms with Crippen LogP contribution in [0.4, 0.5) is 4.79 Å². The largest absolute Gasteiger partial charge is 0.528 e. The molecule has 0 saturated heterocycles. The monoisotopic (exact) mass is 545 g/mol. The molecule has 202 valence electrons. The minimum Gasteiger partial charge on any atom is -0.528 e. The number of carbonyl (C=O) groups excluding carboxylic acids is 1. The molecule has 0 aromatic heterocycles. The Hall–Kier alpha value is -4.49. The summed E-state index contributed by atoms with van der Waals surface area (Å²) in [6.07, 6.45) is -1.58. The fraction of sp³-hybridized carbons (Fsp3) is 0.161. The number of halogens is 1. The van der Waals surface area contributed by atoms with Gasteiger partial charge in [-0.15, -0.1) is 12.4 Å². The minimum absolute atomic E-state index is 0. The van der Waals surface area contributed by atoms with Crippen molar-refractivity contribution < 1.29 is 24.5 Å². The van der Waals surface area contributed by atoms with Gasteiger partial charge in [-0.25, -0.2) is 4.99 Å². The van der Waals surface area contributed by atoms with Gasteiger partial charge in [-0.2, -0.15) is 0 Å². The smallest absolute Gasteiger partial charge is 0.164 e. The van der Waals surface area contributed by atoms with Gasteiger partial charge in [-0.05, 0) is 76.9 Å². The molecular formula is C31H30ClN2O5-. The van der Waals surface area contributed by atoms with E-state index in [-0.39, 0.29) is 29.4 Å². The average Bonchev–Trinajstić information content (AvgIpc) is 2.91. The first-order valence-corrected chi connectivity index (χ1v) is 12.1. The van der Waals surface area contributed by atoms with Crippen LogP contribution in [0.2, 0.25) is 0 Å². The van der Waals surface area contributed by atoms with Gasteiger partial charge >= 0.3 is 0 Å². The van der Waals surface area contributed by atoms with Gasteiger partial charge < -0.3 is 30.2 Å². The molecule has 0 radical (unpaired) electrons. The number of carboxylic acid groups (broad SMARTS) is 1. The van der Waals surface area contributed by atoms with Crippen LogP contribution in [0, 0.1) is 0 Å². The molecule has 0 heterocycles. The molecule has 4 aromatic carbocycles. The number of phenols is 1. The number of amidine groups is 1. The number of hydrogen-bond acceptors (Lipinski definition) is 5. The maximum absolute atomic E-state index is 10.6. The van der Waals surface area contributed by atoms with Gasteiger partial charge in [0.05, 0.1) is 0 Å². The number of phenolic OH excluding ortho intramolecular Hbond substituents is 1. The van der Waals surface area contributed by atoms with Crippen molar-refractivity contribution in [2.24, 2.45) is 10.7 Å². The van der Waals surface area contributed by atoms with E-state index in [1.54, 1.807) is 36.4 Å². The lowest BCUT2D eigenvalue weighted by molar-refractivity contribution is -0.245. The molecular weight excluding hydrogens is 516 g/mol. The highest BCUT2D eigenvalue weighted by Gasteiger charge is 2.23. The zero-order valence-corrected chi connectivity index (χ0v) is 22.5. The second kappa shape index (κ2) is 12.8. The Kier molecular flexibility index (Phi) is 9.57. The highest BCUT2D eigenvalue weighted by atomic mass is 35.5. The number of aliphatic imine (C=N–C) groups is 1. The maximum atomic E-state index is 10.6. The summed E-state index contributed by atoms with van der Waals surface area (Å²) in [6.45, 7) is 5.08. The van der Waals surface area contributed by atoms with Crippen molar-refractivity contribution in [2.45, 2.75) is 32.5 Å². The molecule has 8 heteroatoms. The van der Waals surface area contributed by atoms with E-state index in [4.69, 9.17) is 15.2 Å². The number of aromatic hydroxyl groups is 1. The molecule has 3 N–H and O–H groups in total. The molecule has 0 bridgehead atoms. The number of hydrogen-bond donors (Lipinski definition) is 2. The second-order valence-corrected chi connectivity index (χ2v) is 9.38. The predicted octanol–water partition coefficient (Wildman–Crippen LogP) is 5.35. The summed E-state index contributed by atoms with van der Waals surface area (Å²) in [7, 11) is 0. The van der Waals surface area contributed by atoms with Crippen LogP contribution in [0.25, 0.3) is 0 Å². The molecule has 0 atom stereocenters. The summed E-state index contributed by atoms with van der Waals surface area (Å²) < 4.78 is 11.9. The summed E-state index contributed by atoms with van der Waals surface area (Å²) in [5.74, 6) is 1.53. The fourth-order valence-corrected chi connectivity index (χ4v) is 4.04. The van der Waals surface area contributed by atoms with Gasteiger partial charge in [-0.3, -0.25) is 0 Å². The van der Waals surface area contributed by atoms with Gasteiger partial charge in [0.25, 0.3) is 0 Å². The van der Waals surface area contributed by atoms with Crippen LogP contribution in [0.15, 0.2) is 102 Å². The molecule has 0 aliphatic rings. The first kappa shape index (κ1) is 29.1. The topological polar surface area (TPSA) is 117 Å². The number of rotatable bonds is 9. The third-order valence-electron chi connectivity index (χ3n) is 6.33. The summed E-state index contributed by atoms with van der Waals surface area (Å²) in [4.78, 5) is 13.7. The quantitative estimate of drug-likeness (QED) is 0.216. The lowest BCUT2D eigenvalue weighted by atomic mass is 9.78. The fourth-order valence-electron chi connectivity index (χ4n) is 4.04. The number of benzene rings is 4. The number of nitrogens with zero attached hydrogens (tertiary/aromatic N) is 1. The van der Waals surface area contributed by atoms with E-state index in [0.717, 1.165) is 28.0 Å². The molecule has 0 spiro atoms. The van der Waals surface area contributed by atoms with Gasteiger partial charge in [0.15, 0.2) is 6.09 Å². The Labute approximate surface area is 234 Å². The Morgan fingerprint density at radius 3 is 1.77 bits per heavy atom. The van der Waals surface area contributed by atoms with E-state index in [1.807, 2.05) is 48.5 Å². The van der Waals surface area contributed by atoms with E-state index in [9.17, 15) is 15.0 Å². The summed E-state index contributed by atoms with van der Waals surface area (Å²) in [5.41, 5.74) is 10.1. The Balaban J connectivity index is 0.00000420. The van der Waals surface area contributed by atoms with Gasteiger partial charge in [0.1, 0.15) is 36.3 Å². The standard InChI is InChI=1S/C31H30N2O5.ClH/c1-31(2,24-8-12-26(34)13-9-24)25-10-16-28(17-11-25)38-20-22-5-3-4-21(18-22)19-37-27-14-6-23(7-15-27)29(32)33-30(35)36;/h3-18,34H,19-20H2,1-2H3,(H2,32,33)(H,35,36);1H/p-1. The second-order valence-electron chi connectivity index (χ2n) is 9.38.